The second-order valence-corrected chi connectivity index (χ2v) is 2.61. The fourth-order valence-corrected chi connectivity index (χ4v) is 0.712. The molecule has 4 nitrogen and oxygen atoms in total. The van der Waals surface area contributed by atoms with Gasteiger partial charge in [-0.15, -0.1) is 0 Å². The molecular formula is C9H7F3N4. The molecule has 0 aromatic heterocycles. The molecule has 0 N–H and O–H groups in total. The van der Waals surface area contributed by atoms with Crippen molar-refractivity contribution in [2.24, 2.45) is 9.98 Å². The topological polar surface area (TPSA) is 72.3 Å². The van der Waals surface area contributed by atoms with Crippen molar-refractivity contribution in [3.8, 4) is 12.1 Å². The Morgan fingerprint density at radius 3 is 2.25 bits per heavy atom. The average Bonchev–Trinajstić information content (AvgIpc) is 2.21. The lowest BCUT2D eigenvalue weighted by Crippen LogP contribution is -2.20. The lowest BCUT2D eigenvalue weighted by Gasteiger charge is -2.05. The molecule has 0 radical (unpaired) electrons. The molecule has 0 aliphatic heterocycles. The van der Waals surface area contributed by atoms with E-state index in [1.165, 1.54) is 6.92 Å². The molecule has 16 heavy (non-hydrogen) atoms. The maximum atomic E-state index is 12.2. The molecule has 0 bridgehead atoms. The predicted molar refractivity (Wildman–Crippen MR) is 51.6 cm³/mol. The summed E-state index contributed by atoms with van der Waals surface area (Å²) in [5.41, 5.74) is -0.323. The van der Waals surface area contributed by atoms with Gasteiger partial charge in [0.15, 0.2) is 0 Å². The third-order valence-corrected chi connectivity index (χ3v) is 1.49. The molecular weight excluding hydrogens is 221 g/mol. The van der Waals surface area contributed by atoms with Crippen molar-refractivity contribution < 1.29 is 13.2 Å². The van der Waals surface area contributed by atoms with Crippen molar-refractivity contribution in [3.63, 3.8) is 0 Å². The summed E-state index contributed by atoms with van der Waals surface area (Å²) in [4.78, 5) is 5.84. The van der Waals surface area contributed by atoms with Gasteiger partial charge >= 0.3 is 6.18 Å². The van der Waals surface area contributed by atoms with Gasteiger partial charge in [0.2, 0.25) is 5.84 Å². The van der Waals surface area contributed by atoms with E-state index in [1.807, 2.05) is 0 Å². The van der Waals surface area contributed by atoms with Crippen LogP contribution in [-0.2, 0) is 0 Å². The Hall–Kier alpha value is -2.15. The number of nitrogens with zero attached hydrogens (tertiary/aromatic N) is 4. The Kier molecular flexibility index (Phi) is 4.90. The van der Waals surface area contributed by atoms with E-state index in [1.54, 1.807) is 12.1 Å². The largest absolute Gasteiger partial charge is 0.451 e. The summed E-state index contributed by atoms with van der Waals surface area (Å²) in [6.07, 6.45) is -5.15. The van der Waals surface area contributed by atoms with Crippen LogP contribution >= 0.6 is 0 Å². The van der Waals surface area contributed by atoms with Crippen LogP contribution in [0.25, 0.3) is 0 Å². The van der Waals surface area contributed by atoms with Gasteiger partial charge < -0.3 is 0 Å². The summed E-state index contributed by atoms with van der Waals surface area (Å²) in [7, 11) is 0. The van der Waals surface area contributed by atoms with E-state index in [0.29, 0.717) is 0 Å². The van der Waals surface area contributed by atoms with Crippen LogP contribution in [0.3, 0.4) is 0 Å². The number of halogens is 3. The van der Waals surface area contributed by atoms with E-state index in [4.69, 9.17) is 10.5 Å². The lowest BCUT2D eigenvalue weighted by molar-refractivity contribution is -0.0596. The molecule has 0 fully saturated rings. The van der Waals surface area contributed by atoms with Crippen molar-refractivity contribution in [2.75, 3.05) is 0 Å². The zero-order chi connectivity index (χ0) is 12.8. The van der Waals surface area contributed by atoms with Gasteiger partial charge in [-0.2, -0.15) is 23.7 Å². The van der Waals surface area contributed by atoms with Gasteiger partial charge in [-0.05, 0) is 13.6 Å². The minimum atomic E-state index is -4.75. The van der Waals surface area contributed by atoms with Gasteiger partial charge in [-0.3, -0.25) is 0 Å². The first-order valence-corrected chi connectivity index (χ1v) is 3.96. The maximum absolute atomic E-state index is 12.2. The molecule has 0 unspecified atom stereocenters. The molecule has 0 saturated carbocycles. The SMILES string of the molecule is C=NC(=N/C(CC#N)=C(\C)C#N)C(F)(F)F. The summed E-state index contributed by atoms with van der Waals surface area (Å²) >= 11 is 0. The van der Waals surface area contributed by atoms with Crippen molar-refractivity contribution in [3.05, 3.63) is 11.3 Å². The summed E-state index contributed by atoms with van der Waals surface area (Å²) in [5, 5.41) is 16.9. The first-order chi connectivity index (χ1) is 7.36. The van der Waals surface area contributed by atoms with Crippen molar-refractivity contribution in [2.45, 2.75) is 19.5 Å². The number of amidine groups is 1. The Morgan fingerprint density at radius 2 is 1.94 bits per heavy atom. The highest BCUT2D eigenvalue weighted by atomic mass is 19.4. The number of nitriles is 2. The number of allylic oxidation sites excluding steroid dienone is 2. The van der Waals surface area contributed by atoms with Crippen LogP contribution in [0, 0.1) is 22.7 Å². The van der Waals surface area contributed by atoms with Gasteiger partial charge in [0.25, 0.3) is 0 Å². The van der Waals surface area contributed by atoms with E-state index in [0.717, 1.165) is 0 Å². The van der Waals surface area contributed by atoms with E-state index in [2.05, 4.69) is 16.7 Å². The van der Waals surface area contributed by atoms with E-state index in [9.17, 15) is 13.2 Å². The monoisotopic (exact) mass is 228 g/mol. The quantitative estimate of drug-likeness (QED) is 0.413. The van der Waals surface area contributed by atoms with Crippen molar-refractivity contribution in [1.82, 2.24) is 0 Å². The van der Waals surface area contributed by atoms with E-state index >= 15 is 0 Å². The molecule has 7 heteroatoms. The summed E-state index contributed by atoms with van der Waals surface area (Å²) < 4.78 is 36.7. The van der Waals surface area contributed by atoms with Crippen LogP contribution in [0.5, 0.6) is 0 Å². The number of hydrogen-bond acceptors (Lipinski definition) is 3. The molecule has 0 aliphatic carbocycles. The van der Waals surface area contributed by atoms with Gasteiger partial charge in [-0.25, -0.2) is 9.98 Å². The highest BCUT2D eigenvalue weighted by molar-refractivity contribution is 5.91. The average molecular weight is 228 g/mol. The summed E-state index contributed by atoms with van der Waals surface area (Å²) in [6.45, 7) is 4.01. The zero-order valence-corrected chi connectivity index (χ0v) is 8.34. The summed E-state index contributed by atoms with van der Waals surface area (Å²) in [5.74, 6) is -1.47. The Bertz CT molecular complexity index is 418. The standard InChI is InChI=1S/C9H7F3N4/c1-6(5-14)7(3-4-13)16-8(15-2)9(10,11)12/h2-3H2,1H3/b7-6+,16-8?. The number of rotatable bonds is 2. The van der Waals surface area contributed by atoms with Crippen LogP contribution in [0.1, 0.15) is 13.3 Å². The van der Waals surface area contributed by atoms with Crippen LogP contribution in [0.2, 0.25) is 0 Å². The maximum Gasteiger partial charge on any atom is 0.451 e. The van der Waals surface area contributed by atoms with Crippen LogP contribution in [0.15, 0.2) is 21.3 Å². The Morgan fingerprint density at radius 1 is 1.38 bits per heavy atom. The first kappa shape index (κ1) is 13.8. The fraction of sp³-hybridized carbons (Fsp3) is 0.333. The van der Waals surface area contributed by atoms with Crippen LogP contribution in [0.4, 0.5) is 13.2 Å². The van der Waals surface area contributed by atoms with E-state index in [-0.39, 0.29) is 11.3 Å². The summed E-state index contributed by atoms with van der Waals surface area (Å²) in [6, 6.07) is 3.24. The molecule has 0 amide bonds. The number of aliphatic imine (C=N–C) groups is 2. The number of alkyl halides is 3. The molecule has 0 aliphatic rings. The fourth-order valence-electron chi connectivity index (χ4n) is 0.712. The molecule has 0 atom stereocenters. The van der Waals surface area contributed by atoms with Gasteiger partial charge in [0, 0.05) is 5.57 Å². The molecule has 0 spiro atoms. The molecule has 0 aromatic carbocycles. The molecule has 84 valence electrons. The predicted octanol–water partition coefficient (Wildman–Crippen LogP) is 2.36. The second-order valence-electron chi connectivity index (χ2n) is 2.61. The minimum Gasteiger partial charge on any atom is -0.241 e. The normalized spacial score (nSPS) is 13.5. The molecule has 0 saturated heterocycles. The van der Waals surface area contributed by atoms with E-state index < -0.39 is 18.4 Å². The van der Waals surface area contributed by atoms with Crippen LogP contribution in [-0.4, -0.2) is 18.7 Å². The molecule has 0 rings (SSSR count). The van der Waals surface area contributed by atoms with Gasteiger partial charge in [0.05, 0.1) is 24.3 Å². The number of hydrogen-bond donors (Lipinski definition) is 0. The zero-order valence-electron chi connectivity index (χ0n) is 8.34. The Balaban J connectivity index is 5.48. The molecule has 0 heterocycles. The van der Waals surface area contributed by atoms with Crippen LogP contribution < -0.4 is 0 Å². The van der Waals surface area contributed by atoms with Gasteiger partial charge in [0.1, 0.15) is 0 Å². The Labute approximate surface area is 90.0 Å². The first-order valence-electron chi connectivity index (χ1n) is 3.96. The minimum absolute atomic E-state index is 0.0630. The third-order valence-electron chi connectivity index (χ3n) is 1.49. The third kappa shape index (κ3) is 3.93. The van der Waals surface area contributed by atoms with Gasteiger partial charge in [-0.1, -0.05) is 0 Å². The van der Waals surface area contributed by atoms with Crippen molar-refractivity contribution >= 4 is 12.6 Å². The highest BCUT2D eigenvalue weighted by Crippen LogP contribution is 2.21. The molecule has 0 aromatic rings. The lowest BCUT2D eigenvalue weighted by atomic mass is 10.2. The highest BCUT2D eigenvalue weighted by Gasteiger charge is 2.35. The van der Waals surface area contributed by atoms with Crippen molar-refractivity contribution in [1.29, 1.82) is 10.5 Å². The smallest absolute Gasteiger partial charge is 0.241 e. The second kappa shape index (κ2) is 5.66.